The van der Waals surface area contributed by atoms with Crippen LogP contribution in [0.15, 0.2) is 0 Å². The molecule has 0 aromatic carbocycles. The fraction of sp³-hybridized carbons (Fsp3) is 0.950. The Morgan fingerprint density at radius 1 is 1.17 bits per heavy atom. The van der Waals surface area contributed by atoms with Crippen LogP contribution in [0.1, 0.15) is 72.1 Å². The molecule has 6 atom stereocenters. The summed E-state index contributed by atoms with van der Waals surface area (Å²) in [5.74, 6) is 2.04. The van der Waals surface area contributed by atoms with E-state index < -0.39 is 5.60 Å². The SMILES string of the molecule is CC1(C)C(=O)CC[C@]2(C)C1CC[C@@]13C[C@@H](CCC12)[C@@](O)(COI)C3. The molecule has 136 valence electrons. The molecule has 0 saturated heterocycles. The quantitative estimate of drug-likeness (QED) is 0.626. The van der Waals surface area contributed by atoms with E-state index in [1.54, 1.807) is 0 Å². The Balaban J connectivity index is 1.70. The first-order valence-electron chi connectivity index (χ1n) is 9.67. The van der Waals surface area contributed by atoms with Crippen LogP contribution in [0.5, 0.6) is 0 Å². The van der Waals surface area contributed by atoms with Gasteiger partial charge in [0.05, 0.1) is 12.2 Å². The largest absolute Gasteiger partial charge is 0.387 e. The Bertz CT molecular complexity index is 561. The van der Waals surface area contributed by atoms with Gasteiger partial charge in [-0.05, 0) is 73.5 Å². The number of carbonyl (C=O) groups excluding carboxylic acids is 1. The lowest BCUT2D eigenvalue weighted by atomic mass is 9.41. The van der Waals surface area contributed by atoms with Crippen molar-refractivity contribution in [1.82, 2.24) is 0 Å². The second kappa shape index (κ2) is 5.41. The van der Waals surface area contributed by atoms with E-state index >= 15 is 0 Å². The van der Waals surface area contributed by atoms with Gasteiger partial charge < -0.3 is 8.17 Å². The molecule has 0 radical (unpaired) electrons. The minimum absolute atomic E-state index is 0.175. The van der Waals surface area contributed by atoms with Gasteiger partial charge in [-0.1, -0.05) is 20.8 Å². The molecule has 4 heteroatoms. The first kappa shape index (κ1) is 17.7. The average molecular weight is 446 g/mol. The van der Waals surface area contributed by atoms with Crippen molar-refractivity contribution >= 4 is 28.8 Å². The maximum Gasteiger partial charge on any atom is 0.138 e. The summed E-state index contributed by atoms with van der Waals surface area (Å²) in [6.07, 6.45) is 8.58. The molecule has 1 N–H and O–H groups in total. The molecular formula is C20H31IO3. The molecule has 0 aliphatic heterocycles. The van der Waals surface area contributed by atoms with Gasteiger partial charge >= 0.3 is 0 Å². The van der Waals surface area contributed by atoms with Gasteiger partial charge in [-0.15, -0.1) is 0 Å². The van der Waals surface area contributed by atoms with Gasteiger partial charge in [-0.2, -0.15) is 0 Å². The molecule has 0 aromatic rings. The summed E-state index contributed by atoms with van der Waals surface area (Å²) in [4.78, 5) is 12.6. The lowest BCUT2D eigenvalue weighted by Gasteiger charge is -2.63. The Morgan fingerprint density at radius 2 is 1.92 bits per heavy atom. The van der Waals surface area contributed by atoms with Crippen LogP contribution in [0.25, 0.3) is 0 Å². The van der Waals surface area contributed by atoms with E-state index in [1.165, 1.54) is 19.3 Å². The summed E-state index contributed by atoms with van der Waals surface area (Å²) in [7, 11) is 0. The number of fused-ring (bicyclic) bond motifs is 3. The number of hydrogen-bond donors (Lipinski definition) is 1. The fourth-order valence-corrected chi connectivity index (χ4v) is 8.45. The van der Waals surface area contributed by atoms with Gasteiger partial charge in [0.1, 0.15) is 28.8 Å². The van der Waals surface area contributed by atoms with Crippen LogP contribution in [0.2, 0.25) is 0 Å². The molecule has 2 unspecified atom stereocenters. The second-order valence-electron chi connectivity index (χ2n) is 10.2. The smallest absolute Gasteiger partial charge is 0.138 e. The van der Waals surface area contributed by atoms with Crippen molar-refractivity contribution in [3.05, 3.63) is 0 Å². The van der Waals surface area contributed by atoms with Gasteiger partial charge in [0.25, 0.3) is 0 Å². The van der Waals surface area contributed by atoms with E-state index in [0.29, 0.717) is 30.1 Å². The van der Waals surface area contributed by atoms with E-state index in [1.807, 2.05) is 23.0 Å². The van der Waals surface area contributed by atoms with Crippen molar-refractivity contribution in [2.45, 2.75) is 77.7 Å². The summed E-state index contributed by atoms with van der Waals surface area (Å²) in [6, 6.07) is 0. The first-order chi connectivity index (χ1) is 11.2. The van der Waals surface area contributed by atoms with Crippen molar-refractivity contribution in [3.63, 3.8) is 0 Å². The fourth-order valence-electron chi connectivity index (χ4n) is 7.91. The van der Waals surface area contributed by atoms with Crippen LogP contribution < -0.4 is 0 Å². The molecule has 4 fully saturated rings. The van der Waals surface area contributed by atoms with Gasteiger partial charge in [0.2, 0.25) is 0 Å². The normalized spacial score (nSPS) is 52.7. The van der Waals surface area contributed by atoms with Gasteiger partial charge in [0.15, 0.2) is 0 Å². The number of carbonyl (C=O) groups is 1. The molecule has 1 spiro atoms. The predicted molar refractivity (Wildman–Crippen MR) is 102 cm³/mol. The van der Waals surface area contributed by atoms with Gasteiger partial charge in [0, 0.05) is 11.8 Å². The number of aliphatic hydroxyl groups is 1. The van der Waals surface area contributed by atoms with E-state index in [4.69, 9.17) is 3.07 Å². The lowest BCUT2D eigenvalue weighted by molar-refractivity contribution is -0.165. The monoisotopic (exact) mass is 446 g/mol. The minimum Gasteiger partial charge on any atom is -0.387 e. The number of hydrogen-bond acceptors (Lipinski definition) is 3. The Kier molecular flexibility index (Phi) is 4.00. The summed E-state index contributed by atoms with van der Waals surface area (Å²) in [5, 5.41) is 11.2. The highest BCUT2D eigenvalue weighted by atomic mass is 127. The Morgan fingerprint density at radius 3 is 2.62 bits per heavy atom. The van der Waals surface area contributed by atoms with Crippen LogP contribution in [-0.2, 0) is 7.86 Å². The Hall–Kier alpha value is 0.320. The number of Topliss-reactive ketones (excluding diaryl/α,β-unsaturated/α-hetero) is 1. The molecule has 24 heavy (non-hydrogen) atoms. The second-order valence-corrected chi connectivity index (χ2v) is 10.8. The van der Waals surface area contributed by atoms with E-state index in [-0.39, 0.29) is 16.2 Å². The molecule has 0 aromatic heterocycles. The van der Waals surface area contributed by atoms with Crippen molar-refractivity contribution < 1.29 is 13.0 Å². The zero-order valence-electron chi connectivity index (χ0n) is 15.2. The zero-order chi connectivity index (χ0) is 17.4. The summed E-state index contributed by atoms with van der Waals surface area (Å²) in [6.45, 7) is 7.33. The van der Waals surface area contributed by atoms with Gasteiger partial charge in [-0.25, -0.2) is 0 Å². The number of rotatable bonds is 2. The third-order valence-corrected chi connectivity index (χ3v) is 9.23. The highest BCUT2D eigenvalue weighted by molar-refractivity contribution is 14.1. The topological polar surface area (TPSA) is 46.5 Å². The third kappa shape index (κ3) is 2.17. The van der Waals surface area contributed by atoms with E-state index in [9.17, 15) is 9.90 Å². The van der Waals surface area contributed by atoms with E-state index in [0.717, 1.165) is 32.1 Å². The maximum absolute atomic E-state index is 12.6. The molecule has 4 saturated carbocycles. The molecule has 2 bridgehead atoms. The molecule has 0 heterocycles. The zero-order valence-corrected chi connectivity index (χ0v) is 17.4. The third-order valence-electron chi connectivity index (χ3n) is 8.92. The van der Waals surface area contributed by atoms with Crippen molar-refractivity contribution in [2.24, 2.45) is 34.0 Å². The van der Waals surface area contributed by atoms with Crippen LogP contribution in [0, 0.1) is 34.0 Å². The van der Waals surface area contributed by atoms with Crippen molar-refractivity contribution in [3.8, 4) is 0 Å². The van der Waals surface area contributed by atoms with E-state index in [2.05, 4.69) is 20.8 Å². The summed E-state index contributed by atoms with van der Waals surface area (Å²) >= 11 is 1.93. The molecule has 4 aliphatic rings. The van der Waals surface area contributed by atoms with Crippen LogP contribution in [-0.4, -0.2) is 23.1 Å². The van der Waals surface area contributed by atoms with Crippen LogP contribution in [0.4, 0.5) is 0 Å². The highest BCUT2D eigenvalue weighted by Crippen LogP contribution is 2.72. The van der Waals surface area contributed by atoms with Crippen LogP contribution >= 0.6 is 23.0 Å². The van der Waals surface area contributed by atoms with Gasteiger partial charge in [-0.3, -0.25) is 4.79 Å². The molecular weight excluding hydrogens is 415 g/mol. The average Bonchev–Trinajstić information content (AvgIpc) is 2.70. The number of ketones is 1. The molecule has 4 rings (SSSR count). The standard InChI is InChI=1S/C20H31IO3/c1-17(2)14-6-9-19-10-13(20(23,11-19)12-24-21)4-5-15(19)18(14,3)8-7-16(17)22/h13-15,23H,4-12H2,1-3H3/t13-,14?,15?,18-,19+,20+/m1/s1. The molecule has 3 nitrogen and oxygen atoms in total. The summed E-state index contributed by atoms with van der Waals surface area (Å²) in [5.41, 5.74) is -0.254. The first-order valence-corrected chi connectivity index (χ1v) is 10.6. The molecule has 4 aliphatic carbocycles. The highest BCUT2D eigenvalue weighted by Gasteiger charge is 2.67. The van der Waals surface area contributed by atoms with Crippen LogP contribution in [0.3, 0.4) is 0 Å². The lowest BCUT2D eigenvalue weighted by Crippen LogP contribution is -2.58. The number of halogens is 1. The predicted octanol–water partition coefficient (Wildman–Crippen LogP) is 4.70. The maximum atomic E-state index is 12.6. The minimum atomic E-state index is -0.626. The van der Waals surface area contributed by atoms with Crippen molar-refractivity contribution in [2.75, 3.05) is 6.61 Å². The molecule has 0 amide bonds. The van der Waals surface area contributed by atoms with Crippen molar-refractivity contribution in [1.29, 1.82) is 0 Å². The summed E-state index contributed by atoms with van der Waals surface area (Å²) < 4.78 is 5.37. The Labute approximate surface area is 160 Å².